The number of likely N-dealkylation sites (tertiary alicyclic amines) is 1. The van der Waals surface area contributed by atoms with Crippen molar-refractivity contribution in [3.05, 3.63) is 48.5 Å². The minimum Gasteiger partial charge on any atom is -0.497 e. The van der Waals surface area contributed by atoms with Gasteiger partial charge >= 0.3 is 0 Å². The normalized spacial score (nSPS) is 15.5. The molecule has 2 aromatic rings. The quantitative estimate of drug-likeness (QED) is 0.215. The molecule has 0 radical (unpaired) electrons. The highest BCUT2D eigenvalue weighted by Crippen LogP contribution is 2.27. The Kier molecular flexibility index (Phi) is 11.0. The minimum atomic E-state index is 0. The molecular weight excluding hydrogens is 491 g/mol. The zero-order valence-electron chi connectivity index (χ0n) is 18.1. The fourth-order valence-corrected chi connectivity index (χ4v) is 3.72. The summed E-state index contributed by atoms with van der Waals surface area (Å²) in [5, 5.41) is 6.84. The van der Waals surface area contributed by atoms with Crippen LogP contribution >= 0.6 is 24.0 Å². The van der Waals surface area contributed by atoms with Gasteiger partial charge in [0.25, 0.3) is 0 Å². The molecule has 30 heavy (non-hydrogen) atoms. The number of benzene rings is 1. The van der Waals surface area contributed by atoms with Crippen LogP contribution < -0.4 is 15.4 Å². The third-order valence-corrected chi connectivity index (χ3v) is 5.29. The Morgan fingerprint density at radius 3 is 2.60 bits per heavy atom. The van der Waals surface area contributed by atoms with Gasteiger partial charge in [-0.1, -0.05) is 12.1 Å². The van der Waals surface area contributed by atoms with Crippen LogP contribution in [0.1, 0.15) is 37.8 Å². The number of halogens is 1. The van der Waals surface area contributed by atoms with E-state index in [1.54, 1.807) is 7.11 Å². The molecule has 7 nitrogen and oxygen atoms in total. The molecule has 0 saturated carbocycles. The number of rotatable bonds is 10. The standard InChI is InChI=1S/C22H34N6O.HI/c1-3-24-22(25-11-6-13-27-16-12-23-18-27)26-17-21(28-14-4-5-15-28)19-7-9-20(29-2)10-8-19;/h7-10,12,16,18,21H,3-6,11,13-15,17H2,1-2H3,(H2,24,25,26);1H. The van der Waals surface area contributed by atoms with Crippen molar-refractivity contribution in [3.8, 4) is 5.75 Å². The third-order valence-electron chi connectivity index (χ3n) is 5.29. The van der Waals surface area contributed by atoms with Gasteiger partial charge in [0.15, 0.2) is 5.96 Å². The highest BCUT2D eigenvalue weighted by Gasteiger charge is 2.23. The van der Waals surface area contributed by atoms with Crippen molar-refractivity contribution in [3.63, 3.8) is 0 Å². The number of hydrogen-bond donors (Lipinski definition) is 2. The van der Waals surface area contributed by atoms with Gasteiger partial charge in [-0.25, -0.2) is 4.98 Å². The number of aliphatic imine (C=N–C) groups is 1. The Labute approximate surface area is 197 Å². The molecule has 1 atom stereocenters. The summed E-state index contributed by atoms with van der Waals surface area (Å²) in [6, 6.07) is 8.72. The number of aryl methyl sites for hydroxylation is 1. The van der Waals surface area contributed by atoms with Crippen LogP contribution in [0.2, 0.25) is 0 Å². The van der Waals surface area contributed by atoms with E-state index in [1.165, 1.54) is 18.4 Å². The lowest BCUT2D eigenvalue weighted by Crippen LogP contribution is -2.39. The fourth-order valence-electron chi connectivity index (χ4n) is 3.72. The van der Waals surface area contributed by atoms with Gasteiger partial charge in [-0.3, -0.25) is 9.89 Å². The van der Waals surface area contributed by atoms with Crippen molar-refractivity contribution in [1.29, 1.82) is 0 Å². The van der Waals surface area contributed by atoms with Crippen molar-refractivity contribution < 1.29 is 4.74 Å². The number of hydrogen-bond acceptors (Lipinski definition) is 4. The number of imidazole rings is 1. The summed E-state index contributed by atoms with van der Waals surface area (Å²) < 4.78 is 7.42. The summed E-state index contributed by atoms with van der Waals surface area (Å²) in [6.45, 7) is 7.80. The average Bonchev–Trinajstić information content (AvgIpc) is 3.46. The van der Waals surface area contributed by atoms with Crippen LogP contribution in [0.5, 0.6) is 5.75 Å². The number of guanidine groups is 1. The largest absolute Gasteiger partial charge is 0.497 e. The van der Waals surface area contributed by atoms with E-state index in [0.29, 0.717) is 6.04 Å². The zero-order chi connectivity index (χ0) is 20.3. The number of nitrogens with one attached hydrogen (secondary N) is 2. The van der Waals surface area contributed by atoms with E-state index in [4.69, 9.17) is 9.73 Å². The first kappa shape index (κ1) is 24.5. The topological polar surface area (TPSA) is 66.7 Å². The highest BCUT2D eigenvalue weighted by molar-refractivity contribution is 14.0. The summed E-state index contributed by atoms with van der Waals surface area (Å²) in [7, 11) is 1.71. The van der Waals surface area contributed by atoms with Crippen molar-refractivity contribution in [2.75, 3.05) is 39.8 Å². The smallest absolute Gasteiger partial charge is 0.191 e. The molecule has 2 heterocycles. The lowest BCUT2D eigenvalue weighted by molar-refractivity contribution is 0.251. The Morgan fingerprint density at radius 1 is 1.20 bits per heavy atom. The molecular formula is C22H35IN6O. The Bertz CT molecular complexity index is 729. The predicted molar refractivity (Wildman–Crippen MR) is 133 cm³/mol. The van der Waals surface area contributed by atoms with E-state index in [9.17, 15) is 0 Å². The number of ether oxygens (including phenoxy) is 1. The number of nitrogens with zero attached hydrogens (tertiary/aromatic N) is 4. The Morgan fingerprint density at radius 2 is 1.97 bits per heavy atom. The van der Waals surface area contributed by atoms with Crippen molar-refractivity contribution in [2.24, 2.45) is 4.99 Å². The number of methoxy groups -OCH3 is 1. The second kappa shape index (κ2) is 13.5. The molecule has 2 N–H and O–H groups in total. The molecule has 8 heteroatoms. The van der Waals surface area contributed by atoms with E-state index >= 15 is 0 Å². The summed E-state index contributed by atoms with van der Waals surface area (Å²) in [5.74, 6) is 1.78. The van der Waals surface area contributed by atoms with Crippen molar-refractivity contribution >= 4 is 29.9 Å². The van der Waals surface area contributed by atoms with E-state index in [-0.39, 0.29) is 24.0 Å². The van der Waals surface area contributed by atoms with Gasteiger partial charge in [0.1, 0.15) is 5.75 Å². The van der Waals surface area contributed by atoms with Gasteiger partial charge in [0, 0.05) is 32.0 Å². The monoisotopic (exact) mass is 526 g/mol. The first-order chi connectivity index (χ1) is 14.3. The van der Waals surface area contributed by atoms with Crippen LogP contribution in [-0.4, -0.2) is 60.2 Å². The lowest BCUT2D eigenvalue weighted by Gasteiger charge is -2.27. The van der Waals surface area contributed by atoms with E-state index in [0.717, 1.165) is 57.4 Å². The maximum Gasteiger partial charge on any atom is 0.191 e. The molecule has 0 spiro atoms. The zero-order valence-corrected chi connectivity index (χ0v) is 20.4. The molecule has 0 amide bonds. The summed E-state index contributed by atoms with van der Waals surface area (Å²) >= 11 is 0. The highest BCUT2D eigenvalue weighted by atomic mass is 127. The SMILES string of the molecule is CCNC(=NCC(c1ccc(OC)cc1)N1CCCC1)NCCCn1ccnc1.I. The molecule has 166 valence electrons. The third kappa shape index (κ3) is 7.46. The lowest BCUT2D eigenvalue weighted by atomic mass is 10.1. The summed E-state index contributed by atoms with van der Waals surface area (Å²) in [6.07, 6.45) is 9.22. The molecule has 1 fully saturated rings. The van der Waals surface area contributed by atoms with Gasteiger partial charge < -0.3 is 19.9 Å². The van der Waals surface area contributed by atoms with Crippen LogP contribution in [0.15, 0.2) is 48.0 Å². The van der Waals surface area contributed by atoms with Crippen molar-refractivity contribution in [1.82, 2.24) is 25.1 Å². The second-order valence-corrected chi connectivity index (χ2v) is 7.33. The first-order valence-electron chi connectivity index (χ1n) is 10.7. The Hall–Kier alpha value is -1.81. The van der Waals surface area contributed by atoms with Crippen LogP contribution in [0.25, 0.3) is 0 Å². The van der Waals surface area contributed by atoms with E-state index in [1.807, 2.05) is 30.9 Å². The molecule has 1 aliphatic rings. The molecule has 1 aromatic carbocycles. The van der Waals surface area contributed by atoms with Gasteiger partial charge in [-0.2, -0.15) is 0 Å². The van der Waals surface area contributed by atoms with E-state index < -0.39 is 0 Å². The van der Waals surface area contributed by atoms with Crippen LogP contribution in [0.4, 0.5) is 0 Å². The molecule has 3 rings (SSSR count). The molecule has 0 aliphatic carbocycles. The summed E-state index contributed by atoms with van der Waals surface area (Å²) in [4.78, 5) is 11.5. The second-order valence-electron chi connectivity index (χ2n) is 7.33. The fraction of sp³-hybridized carbons (Fsp3) is 0.545. The van der Waals surface area contributed by atoms with Crippen LogP contribution in [-0.2, 0) is 6.54 Å². The minimum absolute atomic E-state index is 0. The van der Waals surface area contributed by atoms with Crippen molar-refractivity contribution in [2.45, 2.75) is 38.8 Å². The molecule has 1 saturated heterocycles. The molecule has 1 aliphatic heterocycles. The number of aromatic nitrogens is 2. The average molecular weight is 526 g/mol. The molecule has 1 aromatic heterocycles. The first-order valence-corrected chi connectivity index (χ1v) is 10.7. The molecule has 0 bridgehead atoms. The van der Waals surface area contributed by atoms with Gasteiger partial charge in [0.05, 0.1) is 26.0 Å². The molecule has 1 unspecified atom stereocenters. The van der Waals surface area contributed by atoms with Gasteiger partial charge in [0.2, 0.25) is 0 Å². The van der Waals surface area contributed by atoms with Gasteiger partial charge in [-0.05, 0) is 57.0 Å². The predicted octanol–water partition coefficient (Wildman–Crippen LogP) is 3.29. The van der Waals surface area contributed by atoms with Crippen LogP contribution in [0, 0.1) is 0 Å². The maximum atomic E-state index is 5.32. The van der Waals surface area contributed by atoms with E-state index in [2.05, 4.69) is 44.1 Å². The Balaban J connectivity index is 0.00000320. The summed E-state index contributed by atoms with van der Waals surface area (Å²) in [5.41, 5.74) is 1.30. The van der Waals surface area contributed by atoms with Gasteiger partial charge in [-0.15, -0.1) is 24.0 Å². The van der Waals surface area contributed by atoms with Crippen LogP contribution in [0.3, 0.4) is 0 Å². The maximum absolute atomic E-state index is 5.32.